The van der Waals surface area contributed by atoms with Crippen molar-refractivity contribution in [2.45, 2.75) is 350 Å². The highest BCUT2D eigenvalue weighted by Gasteiger charge is 2.39. The number of aromatic nitrogens is 2. The number of imidazole rings is 1. The van der Waals surface area contributed by atoms with Gasteiger partial charge in [0.1, 0.15) is 30.2 Å². The molecule has 1 aromatic rings. The molecular formula is C69H129N15O12. The van der Waals surface area contributed by atoms with Crippen molar-refractivity contribution < 1.29 is 58.5 Å². The van der Waals surface area contributed by atoms with E-state index in [9.17, 15) is 58.5 Å². The molecule has 8 amide bonds. The van der Waals surface area contributed by atoms with E-state index in [4.69, 9.17) is 34.4 Å². The van der Waals surface area contributed by atoms with Crippen molar-refractivity contribution in [2.75, 3.05) is 6.54 Å². The van der Waals surface area contributed by atoms with Crippen molar-refractivity contribution in [1.29, 1.82) is 0 Å². The predicted octanol–water partition coefficient (Wildman–Crippen LogP) is 4.05. The van der Waals surface area contributed by atoms with Crippen LogP contribution in [0.25, 0.3) is 0 Å². The van der Waals surface area contributed by atoms with Crippen LogP contribution in [0.1, 0.15) is 271 Å². The number of carbonyl (C=O) groups is 9. The third kappa shape index (κ3) is 40.8. The second-order valence-electron chi connectivity index (χ2n) is 27.6. The molecule has 0 radical (unpaired) electrons. The Kier molecular flexibility index (Phi) is 46.1. The van der Waals surface area contributed by atoms with Crippen LogP contribution >= 0.6 is 0 Å². The van der Waals surface area contributed by atoms with Crippen LogP contribution in [0, 0.1) is 5.92 Å². The molecule has 0 aromatic carbocycles. The zero-order valence-corrected chi connectivity index (χ0v) is 58.7. The molecule has 0 spiro atoms. The third-order valence-corrected chi connectivity index (χ3v) is 18.3. The average Bonchev–Trinajstić information content (AvgIpc) is 1.43. The van der Waals surface area contributed by atoms with E-state index in [1.165, 1.54) is 141 Å². The van der Waals surface area contributed by atoms with Crippen LogP contribution in [0.2, 0.25) is 0 Å². The van der Waals surface area contributed by atoms with E-state index in [2.05, 4.69) is 54.1 Å². The molecule has 2 heterocycles. The predicted molar refractivity (Wildman–Crippen MR) is 373 cm³/mol. The number of aliphatic hydroxyl groups is 2. The zero-order chi connectivity index (χ0) is 71.2. The maximum Gasteiger partial charge on any atom is 0.321 e. The number of aromatic amines is 1. The highest BCUT2D eigenvalue weighted by Crippen LogP contribution is 2.19. The lowest BCUT2D eigenvalue weighted by Crippen LogP contribution is -2.62. The summed E-state index contributed by atoms with van der Waals surface area (Å²) in [5.74, 6) is -9.47. The number of aliphatic hydroxyl groups excluding tert-OH is 2. The summed E-state index contributed by atoms with van der Waals surface area (Å²) in [6.07, 6.45) is 35.0. The summed E-state index contributed by atoms with van der Waals surface area (Å²) in [6.45, 7) is 7.12. The number of aliphatic carboxylic acids is 1. The topological polar surface area (TPSA) is 483 Å². The summed E-state index contributed by atoms with van der Waals surface area (Å²) < 4.78 is 0. The van der Waals surface area contributed by atoms with E-state index in [0.717, 1.165) is 77.0 Å². The van der Waals surface area contributed by atoms with Crippen molar-refractivity contribution in [3.63, 3.8) is 0 Å². The van der Waals surface area contributed by atoms with Gasteiger partial charge in [0.25, 0.3) is 0 Å². The van der Waals surface area contributed by atoms with Gasteiger partial charge in [-0.15, -0.1) is 0 Å². The van der Waals surface area contributed by atoms with Crippen LogP contribution < -0.4 is 71.6 Å². The fraction of sp³-hybridized carbons (Fsp3) is 0.826. The van der Waals surface area contributed by atoms with Gasteiger partial charge in [0.15, 0.2) is 0 Å². The van der Waals surface area contributed by atoms with Crippen LogP contribution in [-0.2, 0) is 49.6 Å². The van der Waals surface area contributed by atoms with Gasteiger partial charge in [0, 0.05) is 49.0 Å². The lowest BCUT2D eigenvalue weighted by Gasteiger charge is -2.32. The molecule has 552 valence electrons. The Morgan fingerprint density at radius 3 is 1.51 bits per heavy atom. The first-order valence-corrected chi connectivity index (χ1v) is 36.5. The summed E-state index contributed by atoms with van der Waals surface area (Å²) in [5.41, 5.74) is 36.9. The van der Waals surface area contributed by atoms with Crippen LogP contribution in [0.5, 0.6) is 0 Å². The molecule has 13 atom stereocenters. The van der Waals surface area contributed by atoms with E-state index in [1.807, 2.05) is 0 Å². The molecule has 96 heavy (non-hydrogen) atoms. The van der Waals surface area contributed by atoms with E-state index in [0.29, 0.717) is 36.7 Å². The van der Waals surface area contributed by atoms with Crippen molar-refractivity contribution in [3.05, 3.63) is 18.2 Å². The SMILES string of the molecule is CCCCCC(N)CCCCCCCC(N)CCCCCCCC(N)CCCCCCCC(N)CCCCCCCC(O)CCNC(=O)CC(O)C(NC(=O)C1NC(=O)C(CC(N)=O)NC(=O)C(NC(=O)C(Cc2cnc[nH]2)NC(=O)CC(N)C(=O)O)CC(=O)NC1C)C(C)C. The number of nitrogens with one attached hydrogen (secondary N) is 8. The van der Waals surface area contributed by atoms with Gasteiger partial charge >= 0.3 is 5.97 Å². The fourth-order valence-corrected chi connectivity index (χ4v) is 12.2. The van der Waals surface area contributed by atoms with Crippen LogP contribution in [0.4, 0.5) is 0 Å². The Bertz CT molecular complexity index is 2360. The Balaban J connectivity index is 1.65. The van der Waals surface area contributed by atoms with Gasteiger partial charge in [-0.3, -0.25) is 43.2 Å². The minimum absolute atomic E-state index is 0.150. The highest BCUT2D eigenvalue weighted by atomic mass is 16.4. The van der Waals surface area contributed by atoms with Gasteiger partial charge in [0.2, 0.25) is 47.3 Å². The first kappa shape index (κ1) is 86.2. The number of amides is 8. The minimum Gasteiger partial charge on any atom is -0.480 e. The van der Waals surface area contributed by atoms with E-state index in [1.54, 1.807) is 13.8 Å². The largest absolute Gasteiger partial charge is 0.480 e. The molecule has 1 fully saturated rings. The lowest BCUT2D eigenvalue weighted by molar-refractivity contribution is -0.140. The fourth-order valence-electron chi connectivity index (χ4n) is 12.2. The van der Waals surface area contributed by atoms with Crippen molar-refractivity contribution in [1.82, 2.24) is 47.2 Å². The molecule has 1 aromatic heterocycles. The van der Waals surface area contributed by atoms with Gasteiger partial charge < -0.3 is 91.9 Å². The summed E-state index contributed by atoms with van der Waals surface area (Å²) >= 11 is 0. The van der Waals surface area contributed by atoms with Crippen LogP contribution in [0.3, 0.4) is 0 Å². The molecule has 0 saturated carbocycles. The number of hydrogen-bond donors (Lipinski definition) is 17. The number of H-pyrrole nitrogens is 1. The molecular weight excluding hydrogens is 1230 g/mol. The number of carboxylic acid groups (broad SMARTS) is 1. The highest BCUT2D eigenvalue weighted by molar-refractivity contribution is 5.99. The minimum atomic E-state index is -1.75. The van der Waals surface area contributed by atoms with E-state index < -0.39 is 139 Å². The molecule has 27 nitrogen and oxygen atoms in total. The number of carbonyl (C=O) groups excluding carboxylic acids is 8. The first-order chi connectivity index (χ1) is 45.8. The number of nitrogens with zero attached hydrogens (tertiary/aromatic N) is 1. The van der Waals surface area contributed by atoms with Crippen molar-refractivity contribution >= 4 is 53.2 Å². The lowest BCUT2D eigenvalue weighted by atomic mass is 9.95. The number of nitrogens with two attached hydrogens (primary N) is 6. The zero-order valence-electron chi connectivity index (χ0n) is 58.7. The standard InChI is InChI=1S/C69H129N15O12/c1-5-6-19-28-48(70)29-20-11-7-12-21-30-49(71)31-22-13-8-14-23-32-50(72)33-24-15-9-16-25-34-51(73)35-26-17-10-18-27-36-53(85)37-38-77-60(88)43-58(86)63(46(2)3)83-68(94)64-47(4)79-62(90)42-57(66(92)81-56(41-59(75)87)67(93)84-64)82-65(91)55(39-52-44-76-45-78-52)80-61(89)40-54(74)69(95)96/h44-51,53-58,63-64,85-86H,5-43,70-74H2,1-4H3,(H2,75,87)(H,76,78)(H,77,88)(H,79,90)(H,80,89)(H,81,92)(H,82,91)(H,83,94)(H,84,93)(H,95,96). The molecule has 1 aliphatic heterocycles. The molecule has 1 aliphatic rings. The first-order valence-electron chi connectivity index (χ1n) is 36.5. The monoisotopic (exact) mass is 1360 g/mol. The summed E-state index contributed by atoms with van der Waals surface area (Å²) in [7, 11) is 0. The second kappa shape index (κ2) is 51.4. The Hall–Kier alpha value is -5.84. The van der Waals surface area contributed by atoms with Gasteiger partial charge in [-0.05, 0) is 77.0 Å². The summed E-state index contributed by atoms with van der Waals surface area (Å²) in [5, 5.41) is 48.6. The van der Waals surface area contributed by atoms with E-state index in [-0.39, 0.29) is 19.0 Å². The smallest absolute Gasteiger partial charge is 0.321 e. The van der Waals surface area contributed by atoms with E-state index >= 15 is 0 Å². The van der Waals surface area contributed by atoms with Gasteiger partial charge in [0.05, 0.1) is 56.3 Å². The molecule has 2 rings (SSSR count). The molecule has 27 heteroatoms. The maximum absolute atomic E-state index is 14.1. The summed E-state index contributed by atoms with van der Waals surface area (Å²) in [6, 6.07) is -9.21. The molecule has 0 aliphatic carbocycles. The van der Waals surface area contributed by atoms with Gasteiger partial charge in [-0.2, -0.15) is 0 Å². The van der Waals surface area contributed by atoms with Crippen LogP contribution in [0.15, 0.2) is 12.5 Å². The van der Waals surface area contributed by atoms with Crippen molar-refractivity contribution in [2.24, 2.45) is 40.3 Å². The molecule has 13 unspecified atom stereocenters. The molecule has 23 N–H and O–H groups in total. The number of primary amides is 1. The average molecular weight is 1360 g/mol. The number of carboxylic acids is 1. The number of unbranched alkanes of at least 4 members (excludes halogenated alkanes) is 18. The molecule has 1 saturated heterocycles. The Morgan fingerprint density at radius 2 is 1.07 bits per heavy atom. The Morgan fingerprint density at radius 1 is 0.604 bits per heavy atom. The second-order valence-corrected chi connectivity index (χ2v) is 27.6. The van der Waals surface area contributed by atoms with Gasteiger partial charge in [-0.25, -0.2) is 4.98 Å². The quantitative estimate of drug-likeness (QED) is 0.0409. The number of rotatable bonds is 55. The maximum atomic E-state index is 14.1. The third-order valence-electron chi connectivity index (χ3n) is 18.3. The van der Waals surface area contributed by atoms with Crippen molar-refractivity contribution in [3.8, 4) is 0 Å². The molecule has 0 bridgehead atoms. The Labute approximate surface area is 572 Å². The van der Waals surface area contributed by atoms with Crippen LogP contribution in [-0.4, -0.2) is 164 Å². The summed E-state index contributed by atoms with van der Waals surface area (Å²) in [4.78, 5) is 125. The number of hydrogen-bond acceptors (Lipinski definition) is 17. The van der Waals surface area contributed by atoms with Gasteiger partial charge in [-0.1, -0.05) is 168 Å². The normalized spacial score (nSPS) is 19.0.